The molecule has 0 spiro atoms. The van der Waals surface area contributed by atoms with Crippen molar-refractivity contribution in [3.63, 3.8) is 0 Å². The Morgan fingerprint density at radius 3 is 2.47 bits per heavy atom. The summed E-state index contributed by atoms with van der Waals surface area (Å²) in [4.78, 5) is 0. The second-order valence-electron chi connectivity index (χ2n) is 2.85. The Bertz CT molecular complexity index is 336. The van der Waals surface area contributed by atoms with Crippen molar-refractivity contribution in [1.29, 1.82) is 0 Å². The monoisotopic (exact) mass is 282 g/mol. The average Bonchev–Trinajstić information content (AvgIpc) is 2.16. The topological polar surface area (TPSA) is 9.23 Å². The first-order valence-electron chi connectivity index (χ1n) is 4.38. The van der Waals surface area contributed by atoms with Crippen molar-refractivity contribution < 1.29 is 17.9 Å². The van der Waals surface area contributed by atoms with E-state index in [0.29, 0.717) is 6.61 Å². The number of rotatable bonds is 3. The molecule has 0 radical (unpaired) electrons. The van der Waals surface area contributed by atoms with Crippen LogP contribution in [0.2, 0.25) is 0 Å². The third-order valence-electron chi connectivity index (χ3n) is 1.87. The molecule has 1 nitrogen and oxygen atoms in total. The first-order chi connectivity index (χ1) is 7.00. The highest BCUT2D eigenvalue weighted by Crippen LogP contribution is 2.36. The second-order valence-corrected chi connectivity index (χ2v) is 3.41. The number of ether oxygens (including phenoxy) is 1. The molecule has 1 aromatic carbocycles. The fourth-order valence-corrected chi connectivity index (χ4v) is 1.84. The molecule has 0 atom stereocenters. The molecule has 1 rings (SSSR count). The lowest BCUT2D eigenvalue weighted by Gasteiger charge is -2.15. The van der Waals surface area contributed by atoms with E-state index in [2.05, 4.69) is 15.9 Å². The molecule has 0 saturated heterocycles. The van der Waals surface area contributed by atoms with Gasteiger partial charge in [0, 0.05) is 10.9 Å². The van der Waals surface area contributed by atoms with Crippen LogP contribution in [0.4, 0.5) is 13.2 Å². The number of benzene rings is 1. The summed E-state index contributed by atoms with van der Waals surface area (Å²) in [6.45, 7) is 2.08. The van der Waals surface area contributed by atoms with E-state index in [0.717, 1.165) is 6.07 Å². The van der Waals surface area contributed by atoms with Gasteiger partial charge in [0.05, 0.1) is 12.2 Å². The molecule has 15 heavy (non-hydrogen) atoms. The summed E-state index contributed by atoms with van der Waals surface area (Å²) in [6, 6.07) is 3.94. The summed E-state index contributed by atoms with van der Waals surface area (Å²) >= 11 is 3.04. The molecule has 0 fully saturated rings. The molecule has 0 bridgehead atoms. The van der Waals surface area contributed by atoms with Crippen molar-refractivity contribution in [2.45, 2.75) is 18.4 Å². The maximum atomic E-state index is 12.6. The normalized spacial score (nSPS) is 11.5. The van der Waals surface area contributed by atoms with Crippen LogP contribution in [0.3, 0.4) is 0 Å². The minimum atomic E-state index is -4.34. The lowest BCUT2D eigenvalue weighted by Crippen LogP contribution is -2.09. The average molecular weight is 283 g/mol. The van der Waals surface area contributed by atoms with E-state index in [9.17, 15) is 13.2 Å². The lowest BCUT2D eigenvalue weighted by molar-refractivity contribution is -0.138. The summed E-state index contributed by atoms with van der Waals surface area (Å²) in [5, 5.41) is 0.123. The van der Waals surface area contributed by atoms with Crippen molar-refractivity contribution in [1.82, 2.24) is 0 Å². The zero-order valence-corrected chi connectivity index (χ0v) is 9.65. The van der Waals surface area contributed by atoms with Gasteiger partial charge in [-0.25, -0.2) is 0 Å². The molecule has 0 aliphatic rings. The van der Waals surface area contributed by atoms with E-state index in [4.69, 9.17) is 4.74 Å². The number of hydrogen-bond acceptors (Lipinski definition) is 1. The van der Waals surface area contributed by atoms with Crippen LogP contribution in [-0.4, -0.2) is 6.61 Å². The summed E-state index contributed by atoms with van der Waals surface area (Å²) in [5.41, 5.74) is -0.503. The maximum absolute atomic E-state index is 12.6. The Morgan fingerprint density at radius 1 is 1.33 bits per heavy atom. The smallest absolute Gasteiger partial charge is 0.416 e. The predicted molar refractivity (Wildman–Crippen MR) is 55.2 cm³/mol. The van der Waals surface area contributed by atoms with Crippen molar-refractivity contribution in [2.75, 3.05) is 6.61 Å². The molecule has 0 aliphatic carbocycles. The van der Waals surface area contributed by atoms with Gasteiger partial charge in [-0.15, -0.1) is 0 Å². The molecule has 0 unspecified atom stereocenters. The van der Waals surface area contributed by atoms with Crippen LogP contribution >= 0.6 is 15.9 Å². The van der Waals surface area contributed by atoms with E-state index in [1.807, 2.05) is 0 Å². The molecule has 84 valence electrons. The third kappa shape index (κ3) is 2.87. The second kappa shape index (κ2) is 4.88. The molecule has 0 aromatic heterocycles. The number of alkyl halides is 4. The summed E-state index contributed by atoms with van der Waals surface area (Å²) in [7, 11) is 0. The van der Waals surface area contributed by atoms with Crippen molar-refractivity contribution in [2.24, 2.45) is 0 Å². The van der Waals surface area contributed by atoms with E-state index in [1.54, 1.807) is 6.92 Å². The van der Waals surface area contributed by atoms with Gasteiger partial charge in [-0.3, -0.25) is 0 Å². The summed E-state index contributed by atoms with van der Waals surface area (Å²) in [5.74, 6) is 0.282. The molecule has 0 aliphatic heterocycles. The van der Waals surface area contributed by atoms with Crippen molar-refractivity contribution in [3.05, 3.63) is 29.3 Å². The first-order valence-corrected chi connectivity index (χ1v) is 5.50. The van der Waals surface area contributed by atoms with Crippen LogP contribution in [0.5, 0.6) is 5.75 Å². The van der Waals surface area contributed by atoms with Crippen molar-refractivity contribution in [3.8, 4) is 5.75 Å². The van der Waals surface area contributed by atoms with Crippen LogP contribution in [0.15, 0.2) is 18.2 Å². The first kappa shape index (κ1) is 12.4. The highest BCUT2D eigenvalue weighted by atomic mass is 79.9. The lowest BCUT2D eigenvalue weighted by atomic mass is 10.1. The largest absolute Gasteiger partial charge is 0.494 e. The quantitative estimate of drug-likeness (QED) is 0.762. The zero-order chi connectivity index (χ0) is 11.5. The fraction of sp³-hybridized carbons (Fsp3) is 0.400. The minimum Gasteiger partial charge on any atom is -0.494 e. The van der Waals surface area contributed by atoms with Gasteiger partial charge < -0.3 is 4.74 Å². The minimum absolute atomic E-state index is 0.123. The molecule has 0 heterocycles. The molecule has 0 amide bonds. The Morgan fingerprint density at radius 2 is 2.00 bits per heavy atom. The van der Waals surface area contributed by atoms with E-state index in [1.165, 1.54) is 12.1 Å². The van der Waals surface area contributed by atoms with Crippen LogP contribution in [-0.2, 0) is 11.5 Å². The Kier molecular flexibility index (Phi) is 4.02. The van der Waals surface area contributed by atoms with Gasteiger partial charge in [0.25, 0.3) is 0 Å². The van der Waals surface area contributed by atoms with Crippen LogP contribution in [0.25, 0.3) is 0 Å². The van der Waals surface area contributed by atoms with Gasteiger partial charge in [0.1, 0.15) is 5.75 Å². The molecule has 0 N–H and O–H groups in total. The van der Waals surface area contributed by atoms with Gasteiger partial charge in [-0.1, -0.05) is 22.0 Å². The Labute approximate surface area is 94.4 Å². The van der Waals surface area contributed by atoms with Gasteiger partial charge >= 0.3 is 6.18 Å². The maximum Gasteiger partial charge on any atom is 0.416 e. The summed E-state index contributed by atoms with van der Waals surface area (Å²) in [6.07, 6.45) is -4.34. The van der Waals surface area contributed by atoms with E-state index in [-0.39, 0.29) is 16.6 Å². The molecular formula is C10H10BrF3O. The van der Waals surface area contributed by atoms with Gasteiger partial charge in [0.2, 0.25) is 0 Å². The number of halogens is 4. The van der Waals surface area contributed by atoms with E-state index < -0.39 is 11.7 Å². The SMILES string of the molecule is CCOc1cccc(C(F)(F)F)c1CBr. The molecule has 5 heteroatoms. The number of hydrogen-bond donors (Lipinski definition) is 0. The third-order valence-corrected chi connectivity index (χ3v) is 2.43. The molecular weight excluding hydrogens is 273 g/mol. The van der Waals surface area contributed by atoms with Crippen LogP contribution in [0, 0.1) is 0 Å². The van der Waals surface area contributed by atoms with Gasteiger partial charge in [0.15, 0.2) is 0 Å². The Balaban J connectivity index is 3.22. The standard InChI is InChI=1S/C10H10BrF3O/c1-2-15-9-5-3-4-8(7(9)6-11)10(12,13)14/h3-5H,2,6H2,1H3. The highest BCUT2D eigenvalue weighted by molar-refractivity contribution is 9.08. The molecule has 1 aromatic rings. The predicted octanol–water partition coefficient (Wildman–Crippen LogP) is 4.00. The van der Waals surface area contributed by atoms with E-state index >= 15 is 0 Å². The summed E-state index contributed by atoms with van der Waals surface area (Å²) < 4.78 is 42.9. The van der Waals surface area contributed by atoms with Crippen LogP contribution in [0.1, 0.15) is 18.1 Å². The van der Waals surface area contributed by atoms with Gasteiger partial charge in [-0.05, 0) is 19.1 Å². The fourth-order valence-electron chi connectivity index (χ4n) is 1.26. The van der Waals surface area contributed by atoms with Gasteiger partial charge in [-0.2, -0.15) is 13.2 Å². The zero-order valence-electron chi connectivity index (χ0n) is 8.07. The Hall–Kier alpha value is -0.710. The van der Waals surface area contributed by atoms with Crippen LogP contribution < -0.4 is 4.74 Å². The van der Waals surface area contributed by atoms with Crippen molar-refractivity contribution >= 4 is 15.9 Å². The highest BCUT2D eigenvalue weighted by Gasteiger charge is 2.34. The molecule has 0 saturated carbocycles.